The van der Waals surface area contributed by atoms with Gasteiger partial charge in [0.25, 0.3) is 6.71 Å². The molecule has 0 atom stereocenters. The first-order chi connectivity index (χ1) is 39.8. The maximum Gasteiger partial charge on any atom is 0.252 e. The third-order valence-corrected chi connectivity index (χ3v) is 18.6. The van der Waals surface area contributed by atoms with Crippen LogP contribution in [-0.2, 0) is 0 Å². The van der Waals surface area contributed by atoms with Crippen LogP contribution in [0.1, 0.15) is 0 Å². The van der Waals surface area contributed by atoms with Gasteiger partial charge in [0, 0.05) is 82.5 Å². The van der Waals surface area contributed by atoms with Gasteiger partial charge in [0.05, 0.1) is 33.4 Å². The van der Waals surface area contributed by atoms with Gasteiger partial charge in [0.1, 0.15) is 0 Å². The van der Waals surface area contributed by atoms with Gasteiger partial charge in [-0.3, -0.25) is 0 Å². The molecule has 8 heteroatoms. The standard InChI is InChI=1S/C72H45B2N5S/c1-6-22-46(23-7-1)75-61-36-20-37-62-67(61)73(55-42-40-53-51-32-16-18-34-59(51)76(47-24-8-2-9-25-47)69(53)71(55)78(62)49-28-12-4-13-29-49)57-44-58-66(45-64(57)75)80-65-39-21-38-63-68(65)74(58)56-43-41-54-52-33-17-19-35-60(52)77(48-26-10-3-11-27-48)70(54)72(56)79(63)50-30-14-5-15-31-50/h1-45H. The quantitative estimate of drug-likeness (QED) is 0.160. The average Bonchev–Trinajstić information content (AvgIpc) is 4.19. The molecule has 0 bridgehead atoms. The van der Waals surface area contributed by atoms with Gasteiger partial charge in [-0.1, -0.05) is 187 Å². The number of aromatic nitrogens is 2. The second-order valence-electron chi connectivity index (χ2n) is 21.5. The van der Waals surface area contributed by atoms with E-state index in [2.05, 4.69) is 297 Å². The molecule has 370 valence electrons. The lowest BCUT2D eigenvalue weighted by Crippen LogP contribution is -2.64. The Balaban J connectivity index is 0.966. The van der Waals surface area contributed by atoms with Gasteiger partial charge in [-0.2, -0.15) is 0 Å². The van der Waals surface area contributed by atoms with Gasteiger partial charge in [-0.25, -0.2) is 0 Å². The lowest BCUT2D eigenvalue weighted by atomic mass is 9.31. The Morgan fingerprint density at radius 3 is 1.19 bits per heavy atom. The van der Waals surface area contributed by atoms with E-state index in [0.29, 0.717) is 0 Å². The van der Waals surface area contributed by atoms with Crippen molar-refractivity contribution in [1.29, 1.82) is 0 Å². The molecule has 5 nitrogen and oxygen atoms in total. The summed E-state index contributed by atoms with van der Waals surface area (Å²) in [7, 11) is 0. The molecular weight excluding hydrogens is 989 g/mol. The zero-order chi connectivity index (χ0) is 52.2. The number of rotatable bonds is 5. The van der Waals surface area contributed by atoms with Crippen molar-refractivity contribution in [1.82, 2.24) is 9.13 Å². The number of hydrogen-bond donors (Lipinski definition) is 0. The Labute approximate surface area is 468 Å². The van der Waals surface area contributed by atoms with Crippen LogP contribution in [0, 0.1) is 0 Å². The number of fused-ring (bicyclic) bond motifs is 16. The molecule has 0 fully saturated rings. The largest absolute Gasteiger partial charge is 0.311 e. The minimum absolute atomic E-state index is 0.0712. The first kappa shape index (κ1) is 44.1. The average molecular weight is 1030 g/mol. The number of hydrogen-bond acceptors (Lipinski definition) is 4. The summed E-state index contributed by atoms with van der Waals surface area (Å²) >= 11 is 1.92. The normalized spacial score (nSPS) is 13.6. The number of nitrogens with zero attached hydrogens (tertiary/aromatic N) is 5. The van der Waals surface area contributed by atoms with Crippen LogP contribution in [0.15, 0.2) is 283 Å². The molecular formula is C72H45B2N5S. The van der Waals surface area contributed by atoms with E-state index < -0.39 is 0 Å². The summed E-state index contributed by atoms with van der Waals surface area (Å²) in [5, 5.41) is 4.95. The molecule has 0 spiro atoms. The molecule has 2 aromatic heterocycles. The Morgan fingerprint density at radius 1 is 0.263 bits per heavy atom. The van der Waals surface area contributed by atoms with Crippen LogP contribution in [0.2, 0.25) is 0 Å². The second-order valence-corrected chi connectivity index (χ2v) is 22.6. The summed E-state index contributed by atoms with van der Waals surface area (Å²) < 4.78 is 5.03. The van der Waals surface area contributed by atoms with Crippen molar-refractivity contribution in [3.8, 4) is 11.4 Å². The number of para-hydroxylation sites is 7. The Morgan fingerprint density at radius 2 is 0.675 bits per heavy atom. The molecule has 0 unspecified atom stereocenters. The van der Waals surface area contributed by atoms with Gasteiger partial charge in [0.15, 0.2) is 0 Å². The summed E-state index contributed by atoms with van der Waals surface area (Å²) in [5.74, 6) is 0. The Bertz CT molecular complexity index is 4890. The van der Waals surface area contributed by atoms with Crippen LogP contribution in [0.4, 0.5) is 51.2 Å². The van der Waals surface area contributed by atoms with Crippen molar-refractivity contribution in [2.75, 3.05) is 14.7 Å². The summed E-state index contributed by atoms with van der Waals surface area (Å²) in [6.07, 6.45) is 0. The smallest absolute Gasteiger partial charge is 0.252 e. The highest BCUT2D eigenvalue weighted by Gasteiger charge is 2.48. The minimum Gasteiger partial charge on any atom is -0.311 e. The zero-order valence-electron chi connectivity index (χ0n) is 43.3. The molecule has 0 saturated heterocycles. The van der Waals surface area contributed by atoms with Crippen molar-refractivity contribution in [2.45, 2.75) is 9.79 Å². The van der Waals surface area contributed by atoms with Gasteiger partial charge in [0.2, 0.25) is 6.71 Å². The van der Waals surface area contributed by atoms with Crippen LogP contribution in [0.5, 0.6) is 0 Å². The highest BCUT2D eigenvalue weighted by molar-refractivity contribution is 8.00. The van der Waals surface area contributed by atoms with E-state index in [4.69, 9.17) is 0 Å². The molecule has 4 aliphatic heterocycles. The van der Waals surface area contributed by atoms with Crippen LogP contribution in [-0.4, -0.2) is 22.6 Å². The molecule has 12 aromatic carbocycles. The van der Waals surface area contributed by atoms with Gasteiger partial charge in [-0.15, -0.1) is 0 Å². The molecule has 0 saturated carbocycles. The van der Waals surface area contributed by atoms with E-state index in [9.17, 15) is 0 Å². The van der Waals surface area contributed by atoms with Crippen LogP contribution in [0.3, 0.4) is 0 Å². The summed E-state index contributed by atoms with van der Waals surface area (Å²) in [5.41, 5.74) is 25.6. The minimum atomic E-state index is -0.114. The van der Waals surface area contributed by atoms with Crippen LogP contribution >= 0.6 is 11.8 Å². The summed E-state index contributed by atoms with van der Waals surface area (Å²) in [6, 6.07) is 102. The third kappa shape index (κ3) is 6.00. The van der Waals surface area contributed by atoms with Crippen molar-refractivity contribution < 1.29 is 0 Å². The van der Waals surface area contributed by atoms with E-state index in [1.54, 1.807) is 0 Å². The fourth-order valence-electron chi connectivity index (χ4n) is 14.4. The fraction of sp³-hybridized carbons (Fsp3) is 0. The van der Waals surface area contributed by atoms with Crippen LogP contribution < -0.4 is 47.5 Å². The maximum atomic E-state index is 2.65. The molecule has 4 aliphatic rings. The molecule has 14 aromatic rings. The van der Waals surface area contributed by atoms with E-state index >= 15 is 0 Å². The zero-order valence-corrected chi connectivity index (χ0v) is 44.1. The molecule has 0 amide bonds. The lowest BCUT2D eigenvalue weighted by Gasteiger charge is -2.45. The SMILES string of the molecule is c1ccc(N2c3cc4c(cc3B3c5ccc6c7ccccc7n(-c7ccccc7)c6c5N(c5ccccc5)c5cccc2c53)B2c3ccc5c6ccccc6n(-c6ccccc6)c5c3N(c3ccccc3)c3cccc(c32)S4)cc1. The Hall–Kier alpha value is -9.88. The molecule has 0 N–H and O–H groups in total. The molecule has 80 heavy (non-hydrogen) atoms. The summed E-state index contributed by atoms with van der Waals surface area (Å²) in [6.45, 7) is -0.185. The first-order valence-electron chi connectivity index (χ1n) is 27.7. The predicted octanol–water partition coefficient (Wildman–Crippen LogP) is 14.7. The summed E-state index contributed by atoms with van der Waals surface area (Å²) in [4.78, 5) is 10.3. The maximum absolute atomic E-state index is 2.65. The molecule has 18 rings (SSSR count). The fourth-order valence-corrected chi connectivity index (χ4v) is 15.6. The van der Waals surface area contributed by atoms with Crippen molar-refractivity contribution in [3.05, 3.63) is 273 Å². The number of anilines is 9. The van der Waals surface area contributed by atoms with Gasteiger partial charge >= 0.3 is 0 Å². The van der Waals surface area contributed by atoms with Crippen LogP contribution in [0.25, 0.3) is 55.0 Å². The first-order valence-corrected chi connectivity index (χ1v) is 28.5. The van der Waals surface area contributed by atoms with Gasteiger partial charge in [-0.05, 0) is 130 Å². The van der Waals surface area contributed by atoms with E-state index in [-0.39, 0.29) is 13.4 Å². The molecule has 6 heterocycles. The Kier molecular flexibility index (Phi) is 9.28. The van der Waals surface area contributed by atoms with Gasteiger partial charge < -0.3 is 23.8 Å². The second kappa shape index (κ2) is 16.8. The van der Waals surface area contributed by atoms with Crippen molar-refractivity contribution >= 4 is 153 Å². The topological polar surface area (TPSA) is 19.6 Å². The van der Waals surface area contributed by atoms with Crippen molar-refractivity contribution in [3.63, 3.8) is 0 Å². The van der Waals surface area contributed by atoms with E-state index in [1.807, 2.05) is 11.8 Å². The lowest BCUT2D eigenvalue weighted by molar-refractivity contribution is 1.17. The van der Waals surface area contributed by atoms with E-state index in [0.717, 1.165) is 28.4 Å². The molecule has 0 radical (unpaired) electrons. The van der Waals surface area contributed by atoms with E-state index in [1.165, 1.54) is 120 Å². The predicted molar refractivity (Wildman–Crippen MR) is 339 cm³/mol. The van der Waals surface area contributed by atoms with Crippen molar-refractivity contribution in [2.24, 2.45) is 0 Å². The third-order valence-electron chi connectivity index (χ3n) is 17.5. The highest BCUT2D eigenvalue weighted by Crippen LogP contribution is 2.51. The number of benzene rings is 12. The molecule has 0 aliphatic carbocycles. The highest BCUT2D eigenvalue weighted by atomic mass is 32.2. The monoisotopic (exact) mass is 1030 g/mol.